The van der Waals surface area contributed by atoms with Crippen molar-refractivity contribution in [3.8, 4) is 0 Å². The second-order valence-electron chi connectivity index (χ2n) is 3.33. The smallest absolute Gasteiger partial charge is 0.292 e. The van der Waals surface area contributed by atoms with E-state index in [1.165, 1.54) is 17.8 Å². The Morgan fingerprint density at radius 1 is 1.33 bits per heavy atom. The van der Waals surface area contributed by atoms with Gasteiger partial charge in [0.05, 0.1) is 4.92 Å². The number of thioether (sulfide) groups is 1. The third-order valence-corrected chi connectivity index (χ3v) is 2.74. The average Bonchev–Trinajstić information content (AvgIpc) is 2.39. The average molecular weight is 262 g/mol. The number of nitro groups is 1. The van der Waals surface area contributed by atoms with Crippen molar-refractivity contribution in [1.82, 2.24) is 9.97 Å². The summed E-state index contributed by atoms with van der Waals surface area (Å²) < 4.78 is 0. The van der Waals surface area contributed by atoms with Crippen molar-refractivity contribution in [2.45, 2.75) is 5.16 Å². The Bertz CT molecular complexity index is 576. The number of hydrogen-bond donors (Lipinski definition) is 1. The predicted molar refractivity (Wildman–Crippen MR) is 70.2 cm³/mol. The molecule has 0 amide bonds. The molecule has 0 aliphatic carbocycles. The molecule has 0 spiro atoms. The third-order valence-electron chi connectivity index (χ3n) is 2.18. The summed E-state index contributed by atoms with van der Waals surface area (Å²) in [5, 5.41) is 14.4. The van der Waals surface area contributed by atoms with Crippen molar-refractivity contribution in [2.24, 2.45) is 0 Å². The molecular weight excluding hydrogens is 252 g/mol. The van der Waals surface area contributed by atoms with E-state index in [1.54, 1.807) is 30.5 Å². The number of nitrogens with one attached hydrogen (secondary N) is 1. The molecule has 0 bridgehead atoms. The van der Waals surface area contributed by atoms with Gasteiger partial charge in [0.2, 0.25) is 0 Å². The van der Waals surface area contributed by atoms with Gasteiger partial charge in [-0.05, 0) is 18.4 Å². The maximum absolute atomic E-state index is 10.9. The molecule has 0 radical (unpaired) electrons. The number of anilines is 2. The lowest BCUT2D eigenvalue weighted by molar-refractivity contribution is -0.383. The van der Waals surface area contributed by atoms with Gasteiger partial charge >= 0.3 is 0 Å². The maximum Gasteiger partial charge on any atom is 0.292 e. The SMILES string of the molecule is CSc1nccc(Nc2ccccc2[N+](=O)[O-])n1. The van der Waals surface area contributed by atoms with Gasteiger partial charge in [0.15, 0.2) is 5.16 Å². The van der Waals surface area contributed by atoms with Crippen molar-refractivity contribution in [3.63, 3.8) is 0 Å². The standard InChI is InChI=1S/C11H10N4O2S/c1-18-11-12-7-6-10(14-11)13-8-4-2-3-5-9(8)15(16)17/h2-7H,1H3,(H,12,13,14). The zero-order valence-corrected chi connectivity index (χ0v) is 10.3. The van der Waals surface area contributed by atoms with Gasteiger partial charge in [-0.15, -0.1) is 0 Å². The van der Waals surface area contributed by atoms with Gasteiger partial charge in [-0.1, -0.05) is 23.9 Å². The summed E-state index contributed by atoms with van der Waals surface area (Å²) in [4.78, 5) is 18.7. The first kappa shape index (κ1) is 12.3. The molecule has 7 heteroatoms. The fourth-order valence-electron chi connectivity index (χ4n) is 1.39. The molecule has 0 aliphatic rings. The van der Waals surface area contributed by atoms with Crippen LogP contribution in [0.3, 0.4) is 0 Å². The lowest BCUT2D eigenvalue weighted by Crippen LogP contribution is -1.99. The van der Waals surface area contributed by atoms with E-state index in [1.807, 2.05) is 6.26 Å². The molecule has 0 unspecified atom stereocenters. The Labute approximate surface area is 108 Å². The van der Waals surface area contributed by atoms with Crippen LogP contribution in [-0.2, 0) is 0 Å². The van der Waals surface area contributed by atoms with Crippen molar-refractivity contribution in [3.05, 3.63) is 46.6 Å². The Morgan fingerprint density at radius 3 is 2.83 bits per heavy atom. The first-order chi connectivity index (χ1) is 8.70. The van der Waals surface area contributed by atoms with Crippen molar-refractivity contribution >= 4 is 29.0 Å². The topological polar surface area (TPSA) is 81.0 Å². The summed E-state index contributed by atoms with van der Waals surface area (Å²) in [6.45, 7) is 0. The fraction of sp³-hybridized carbons (Fsp3) is 0.0909. The van der Waals surface area contributed by atoms with Crippen LogP contribution in [0.4, 0.5) is 17.2 Å². The van der Waals surface area contributed by atoms with Crippen LogP contribution < -0.4 is 5.32 Å². The summed E-state index contributed by atoms with van der Waals surface area (Å²) in [7, 11) is 0. The first-order valence-electron chi connectivity index (χ1n) is 5.08. The van der Waals surface area contributed by atoms with E-state index in [9.17, 15) is 10.1 Å². The van der Waals surface area contributed by atoms with Crippen LogP contribution in [0, 0.1) is 10.1 Å². The molecule has 92 valence electrons. The van der Waals surface area contributed by atoms with Crippen LogP contribution in [-0.4, -0.2) is 21.1 Å². The Morgan fingerprint density at radius 2 is 2.11 bits per heavy atom. The third kappa shape index (κ3) is 2.75. The van der Waals surface area contributed by atoms with Crippen LogP contribution in [0.1, 0.15) is 0 Å². The van der Waals surface area contributed by atoms with E-state index < -0.39 is 4.92 Å². The fourth-order valence-corrected chi connectivity index (χ4v) is 1.74. The second kappa shape index (κ2) is 5.46. The first-order valence-corrected chi connectivity index (χ1v) is 6.30. The van der Waals surface area contributed by atoms with Gasteiger partial charge in [0.25, 0.3) is 5.69 Å². The summed E-state index contributed by atoms with van der Waals surface area (Å²) in [5.74, 6) is 0.531. The van der Waals surface area contributed by atoms with E-state index in [-0.39, 0.29) is 5.69 Å². The van der Waals surface area contributed by atoms with Crippen molar-refractivity contribution < 1.29 is 4.92 Å². The highest BCUT2D eigenvalue weighted by atomic mass is 32.2. The molecule has 1 aromatic heterocycles. The number of benzene rings is 1. The minimum Gasteiger partial charge on any atom is -0.334 e. The van der Waals surface area contributed by atoms with Gasteiger partial charge in [0.1, 0.15) is 11.5 Å². The normalized spacial score (nSPS) is 10.1. The van der Waals surface area contributed by atoms with Crippen molar-refractivity contribution in [1.29, 1.82) is 0 Å². The molecule has 6 nitrogen and oxygen atoms in total. The van der Waals surface area contributed by atoms with Crippen LogP contribution in [0.25, 0.3) is 0 Å². The van der Waals surface area contributed by atoms with Crippen molar-refractivity contribution in [2.75, 3.05) is 11.6 Å². The van der Waals surface area contributed by atoms with Crippen LogP contribution in [0.2, 0.25) is 0 Å². The molecule has 0 saturated heterocycles. The van der Waals surface area contributed by atoms with Gasteiger partial charge < -0.3 is 5.32 Å². The minimum absolute atomic E-state index is 0.0156. The molecular formula is C11H10N4O2S. The molecule has 1 aromatic carbocycles. The van der Waals surface area contributed by atoms with Gasteiger partial charge in [-0.2, -0.15) is 0 Å². The second-order valence-corrected chi connectivity index (χ2v) is 4.10. The lowest BCUT2D eigenvalue weighted by Gasteiger charge is -2.06. The van der Waals surface area contributed by atoms with E-state index in [2.05, 4.69) is 15.3 Å². The highest BCUT2D eigenvalue weighted by Crippen LogP contribution is 2.26. The lowest BCUT2D eigenvalue weighted by atomic mass is 10.2. The number of nitrogens with zero attached hydrogens (tertiary/aromatic N) is 3. The monoisotopic (exact) mass is 262 g/mol. The zero-order chi connectivity index (χ0) is 13.0. The molecule has 2 aromatic rings. The molecule has 1 N–H and O–H groups in total. The number of rotatable bonds is 4. The summed E-state index contributed by atoms with van der Waals surface area (Å²) in [6.07, 6.45) is 3.47. The van der Waals surface area contributed by atoms with Crippen LogP contribution in [0.5, 0.6) is 0 Å². The summed E-state index contributed by atoms with van der Waals surface area (Å²) >= 11 is 1.41. The molecule has 2 rings (SSSR count). The molecule has 18 heavy (non-hydrogen) atoms. The number of aromatic nitrogens is 2. The summed E-state index contributed by atoms with van der Waals surface area (Å²) in [6, 6.07) is 8.09. The van der Waals surface area contributed by atoms with Gasteiger partial charge in [-0.25, -0.2) is 9.97 Å². The van der Waals surface area contributed by atoms with Gasteiger partial charge in [-0.3, -0.25) is 10.1 Å². The largest absolute Gasteiger partial charge is 0.334 e. The predicted octanol–water partition coefficient (Wildman–Crippen LogP) is 2.85. The molecule has 0 saturated carbocycles. The molecule has 0 fully saturated rings. The maximum atomic E-state index is 10.9. The van der Waals surface area contributed by atoms with E-state index >= 15 is 0 Å². The Hall–Kier alpha value is -2.15. The highest BCUT2D eigenvalue weighted by molar-refractivity contribution is 7.98. The zero-order valence-electron chi connectivity index (χ0n) is 9.53. The highest BCUT2D eigenvalue weighted by Gasteiger charge is 2.12. The van der Waals surface area contributed by atoms with E-state index in [0.717, 1.165) is 0 Å². The Kier molecular flexibility index (Phi) is 3.73. The number of nitro benzene ring substituents is 1. The molecule has 0 aliphatic heterocycles. The minimum atomic E-state index is -0.432. The Balaban J connectivity index is 2.31. The van der Waals surface area contributed by atoms with Crippen LogP contribution >= 0.6 is 11.8 Å². The number of para-hydroxylation sites is 2. The molecule has 1 heterocycles. The van der Waals surface area contributed by atoms with Crippen LogP contribution in [0.15, 0.2) is 41.7 Å². The quantitative estimate of drug-likeness (QED) is 0.395. The molecule has 0 atom stereocenters. The van der Waals surface area contributed by atoms with Gasteiger partial charge in [0, 0.05) is 12.3 Å². The van der Waals surface area contributed by atoms with E-state index in [4.69, 9.17) is 0 Å². The number of hydrogen-bond acceptors (Lipinski definition) is 6. The summed E-state index contributed by atoms with van der Waals surface area (Å²) in [5.41, 5.74) is 0.426. The van der Waals surface area contributed by atoms with E-state index in [0.29, 0.717) is 16.7 Å².